The van der Waals surface area contributed by atoms with Gasteiger partial charge in [-0.3, -0.25) is 4.90 Å². The third-order valence-electron chi connectivity index (χ3n) is 5.12. The van der Waals surface area contributed by atoms with Crippen molar-refractivity contribution in [1.82, 2.24) is 4.90 Å². The summed E-state index contributed by atoms with van der Waals surface area (Å²) in [5.41, 5.74) is 0.599. The maximum absolute atomic E-state index is 12.3. The van der Waals surface area contributed by atoms with E-state index in [1.165, 1.54) is 45.2 Å². The lowest BCUT2D eigenvalue weighted by molar-refractivity contribution is 0.00739. The second-order valence-electron chi connectivity index (χ2n) is 7.29. The van der Waals surface area contributed by atoms with E-state index in [4.69, 9.17) is 9.47 Å². The van der Waals surface area contributed by atoms with Crippen molar-refractivity contribution in [1.29, 1.82) is 0 Å². The predicted octanol–water partition coefficient (Wildman–Crippen LogP) is 3.90. The largest absolute Gasteiger partial charge is 0.491 e. The molecule has 0 aliphatic carbocycles. The number of piperidine rings is 2. The summed E-state index contributed by atoms with van der Waals surface area (Å²) in [6.07, 6.45) is 6.41. The molecular formula is C20H29NO3. The molecule has 4 nitrogen and oxygen atoms in total. The lowest BCUT2D eigenvalue weighted by Crippen LogP contribution is -2.49. The number of esters is 1. The van der Waals surface area contributed by atoms with Gasteiger partial charge in [-0.25, -0.2) is 4.79 Å². The first kappa shape index (κ1) is 17.3. The normalized spacial score (nSPS) is 24.5. The van der Waals surface area contributed by atoms with E-state index in [1.807, 2.05) is 26.0 Å². The Hall–Kier alpha value is -1.55. The summed E-state index contributed by atoms with van der Waals surface area (Å²) in [5.74, 6) is 1.05. The van der Waals surface area contributed by atoms with Crippen LogP contribution in [0.5, 0.6) is 5.75 Å². The lowest BCUT2D eigenvalue weighted by Gasteiger charge is -2.44. The minimum Gasteiger partial charge on any atom is -0.491 e. The van der Waals surface area contributed by atoms with E-state index in [0.717, 1.165) is 5.75 Å². The highest BCUT2D eigenvalue weighted by Gasteiger charge is 2.33. The maximum Gasteiger partial charge on any atom is 0.338 e. The maximum atomic E-state index is 12.3. The van der Waals surface area contributed by atoms with Crippen LogP contribution in [0.3, 0.4) is 0 Å². The van der Waals surface area contributed by atoms with E-state index in [-0.39, 0.29) is 12.1 Å². The van der Waals surface area contributed by atoms with E-state index in [0.29, 0.717) is 24.1 Å². The SMILES string of the molecule is CC(C)Oc1ccc(C(=O)OC[C@H]2CCCN3CCCC[C@H]23)cc1. The molecule has 2 saturated heterocycles. The van der Waals surface area contributed by atoms with Crippen molar-refractivity contribution >= 4 is 5.97 Å². The molecule has 3 rings (SSSR count). The van der Waals surface area contributed by atoms with Gasteiger partial charge in [0.15, 0.2) is 0 Å². The molecule has 132 valence electrons. The fourth-order valence-electron chi connectivity index (χ4n) is 3.98. The third-order valence-corrected chi connectivity index (χ3v) is 5.12. The lowest BCUT2D eigenvalue weighted by atomic mass is 9.84. The average molecular weight is 331 g/mol. The molecule has 24 heavy (non-hydrogen) atoms. The van der Waals surface area contributed by atoms with Crippen molar-refractivity contribution in [2.75, 3.05) is 19.7 Å². The molecular weight excluding hydrogens is 302 g/mol. The second-order valence-corrected chi connectivity index (χ2v) is 7.29. The molecule has 2 heterocycles. The van der Waals surface area contributed by atoms with E-state index in [9.17, 15) is 4.79 Å². The zero-order chi connectivity index (χ0) is 16.9. The predicted molar refractivity (Wildman–Crippen MR) is 94.4 cm³/mol. The van der Waals surface area contributed by atoms with Crippen LogP contribution in [-0.4, -0.2) is 42.7 Å². The van der Waals surface area contributed by atoms with Gasteiger partial charge in [0, 0.05) is 12.0 Å². The van der Waals surface area contributed by atoms with Gasteiger partial charge in [-0.05, 0) is 76.9 Å². The minimum atomic E-state index is -0.223. The number of rotatable bonds is 5. The number of hydrogen-bond acceptors (Lipinski definition) is 4. The van der Waals surface area contributed by atoms with Gasteiger partial charge in [0.1, 0.15) is 5.75 Å². The second kappa shape index (κ2) is 8.02. The van der Waals surface area contributed by atoms with Crippen LogP contribution >= 0.6 is 0 Å². The van der Waals surface area contributed by atoms with Gasteiger partial charge < -0.3 is 9.47 Å². The van der Waals surface area contributed by atoms with E-state index in [2.05, 4.69) is 4.90 Å². The van der Waals surface area contributed by atoms with Crippen LogP contribution in [0.15, 0.2) is 24.3 Å². The molecule has 2 fully saturated rings. The Morgan fingerprint density at radius 1 is 1.12 bits per heavy atom. The van der Waals surface area contributed by atoms with Crippen LogP contribution in [-0.2, 0) is 4.74 Å². The molecule has 0 N–H and O–H groups in total. The van der Waals surface area contributed by atoms with E-state index in [1.54, 1.807) is 12.1 Å². The van der Waals surface area contributed by atoms with E-state index < -0.39 is 0 Å². The monoisotopic (exact) mass is 331 g/mol. The fraction of sp³-hybridized carbons (Fsp3) is 0.650. The Morgan fingerprint density at radius 3 is 2.62 bits per heavy atom. The molecule has 1 aromatic rings. The van der Waals surface area contributed by atoms with Crippen LogP contribution in [0, 0.1) is 5.92 Å². The highest BCUT2D eigenvalue weighted by atomic mass is 16.5. The summed E-state index contributed by atoms with van der Waals surface area (Å²) in [6, 6.07) is 7.85. The Kier molecular flexibility index (Phi) is 5.77. The van der Waals surface area contributed by atoms with Crippen molar-refractivity contribution in [3.05, 3.63) is 29.8 Å². The van der Waals surface area contributed by atoms with Crippen LogP contribution in [0.2, 0.25) is 0 Å². The number of carbonyl (C=O) groups excluding carboxylic acids is 1. The average Bonchev–Trinajstić information content (AvgIpc) is 2.59. The minimum absolute atomic E-state index is 0.132. The summed E-state index contributed by atoms with van der Waals surface area (Å²) in [7, 11) is 0. The number of hydrogen-bond donors (Lipinski definition) is 0. The van der Waals surface area contributed by atoms with Gasteiger partial charge in [0.05, 0.1) is 18.3 Å². The summed E-state index contributed by atoms with van der Waals surface area (Å²) in [5, 5.41) is 0. The molecule has 0 radical (unpaired) electrons. The first-order chi connectivity index (χ1) is 11.6. The van der Waals surface area contributed by atoms with Crippen molar-refractivity contribution < 1.29 is 14.3 Å². The van der Waals surface area contributed by atoms with Crippen molar-refractivity contribution in [3.63, 3.8) is 0 Å². The molecule has 0 saturated carbocycles. The number of ether oxygens (including phenoxy) is 2. The Balaban J connectivity index is 1.53. The molecule has 0 spiro atoms. The van der Waals surface area contributed by atoms with Gasteiger partial charge in [-0.2, -0.15) is 0 Å². The Morgan fingerprint density at radius 2 is 1.88 bits per heavy atom. The van der Waals surface area contributed by atoms with Crippen LogP contribution in [0.25, 0.3) is 0 Å². The molecule has 1 aromatic carbocycles. The molecule has 2 atom stereocenters. The molecule has 2 aliphatic rings. The molecule has 0 unspecified atom stereocenters. The van der Waals surface area contributed by atoms with Crippen molar-refractivity contribution in [2.24, 2.45) is 5.92 Å². The molecule has 0 amide bonds. The van der Waals surface area contributed by atoms with Crippen LogP contribution in [0.1, 0.15) is 56.3 Å². The number of carbonyl (C=O) groups is 1. The molecule has 0 aromatic heterocycles. The highest BCUT2D eigenvalue weighted by Crippen LogP contribution is 2.31. The third kappa shape index (κ3) is 4.29. The Bertz CT molecular complexity index is 538. The van der Waals surface area contributed by atoms with Crippen LogP contribution in [0.4, 0.5) is 0 Å². The molecule has 0 bridgehead atoms. The van der Waals surface area contributed by atoms with Gasteiger partial charge in [0.2, 0.25) is 0 Å². The fourth-order valence-corrected chi connectivity index (χ4v) is 3.98. The summed E-state index contributed by atoms with van der Waals surface area (Å²) in [4.78, 5) is 14.9. The summed E-state index contributed by atoms with van der Waals surface area (Å²) >= 11 is 0. The number of nitrogens with zero attached hydrogens (tertiary/aromatic N) is 1. The standard InChI is InChI=1S/C20H29NO3/c1-15(2)24-18-10-8-16(9-11-18)20(22)23-14-17-6-5-13-21-12-4-3-7-19(17)21/h8-11,15,17,19H,3-7,12-14H2,1-2H3/t17-,19-/m1/s1. The zero-order valence-corrected chi connectivity index (χ0v) is 14.9. The number of fused-ring (bicyclic) bond motifs is 1. The molecule has 4 heteroatoms. The summed E-state index contributed by atoms with van der Waals surface area (Å²) in [6.45, 7) is 6.95. The molecule has 2 aliphatic heterocycles. The summed E-state index contributed by atoms with van der Waals surface area (Å²) < 4.78 is 11.2. The topological polar surface area (TPSA) is 38.8 Å². The quantitative estimate of drug-likeness (QED) is 0.767. The first-order valence-corrected chi connectivity index (χ1v) is 9.31. The Labute approximate surface area is 145 Å². The smallest absolute Gasteiger partial charge is 0.338 e. The van der Waals surface area contributed by atoms with E-state index >= 15 is 0 Å². The van der Waals surface area contributed by atoms with Gasteiger partial charge in [0.25, 0.3) is 0 Å². The zero-order valence-electron chi connectivity index (χ0n) is 14.9. The van der Waals surface area contributed by atoms with Gasteiger partial charge in [-0.1, -0.05) is 6.42 Å². The number of benzene rings is 1. The van der Waals surface area contributed by atoms with Gasteiger partial charge in [-0.15, -0.1) is 0 Å². The van der Waals surface area contributed by atoms with Crippen molar-refractivity contribution in [2.45, 2.75) is 58.1 Å². The van der Waals surface area contributed by atoms with Crippen LogP contribution < -0.4 is 4.74 Å². The highest BCUT2D eigenvalue weighted by molar-refractivity contribution is 5.89. The first-order valence-electron chi connectivity index (χ1n) is 9.31. The van der Waals surface area contributed by atoms with Crippen molar-refractivity contribution in [3.8, 4) is 5.75 Å². The van der Waals surface area contributed by atoms with Gasteiger partial charge >= 0.3 is 5.97 Å².